The maximum absolute atomic E-state index is 4.82. The van der Waals surface area contributed by atoms with Crippen molar-refractivity contribution in [2.24, 2.45) is 0 Å². The molecule has 17 heavy (non-hydrogen) atoms. The van der Waals surface area contributed by atoms with E-state index in [-0.39, 0.29) is 5.41 Å². The Kier molecular flexibility index (Phi) is 3.80. The molecule has 0 aromatic carbocycles. The van der Waals surface area contributed by atoms with Crippen LogP contribution in [0.15, 0.2) is 6.20 Å². The first-order valence-corrected chi connectivity index (χ1v) is 6.92. The first kappa shape index (κ1) is 12.5. The van der Waals surface area contributed by atoms with Crippen LogP contribution in [0.4, 0.5) is 0 Å². The van der Waals surface area contributed by atoms with Crippen LogP contribution in [0.25, 0.3) is 0 Å². The van der Waals surface area contributed by atoms with Crippen LogP contribution >= 0.6 is 0 Å². The molecule has 0 unspecified atom stereocenters. The van der Waals surface area contributed by atoms with Crippen molar-refractivity contribution in [1.82, 2.24) is 9.97 Å². The van der Waals surface area contributed by atoms with Gasteiger partial charge in [0.25, 0.3) is 0 Å². The monoisotopic (exact) mass is 232 g/mol. The summed E-state index contributed by atoms with van der Waals surface area (Å²) >= 11 is 0. The van der Waals surface area contributed by atoms with Crippen molar-refractivity contribution in [3.8, 4) is 0 Å². The third-order valence-electron chi connectivity index (χ3n) is 3.48. The zero-order valence-corrected chi connectivity index (χ0v) is 11.4. The Morgan fingerprint density at radius 3 is 2.29 bits per heavy atom. The second-order valence-electron chi connectivity index (χ2n) is 6.18. The van der Waals surface area contributed by atoms with Gasteiger partial charge in [-0.25, -0.2) is 9.97 Å². The molecular weight excluding hydrogens is 208 g/mol. The van der Waals surface area contributed by atoms with Gasteiger partial charge in [-0.1, -0.05) is 40.0 Å². The smallest absolute Gasteiger partial charge is 0.133 e. The Morgan fingerprint density at radius 1 is 0.941 bits per heavy atom. The molecule has 0 spiro atoms. The fourth-order valence-corrected chi connectivity index (χ4v) is 2.37. The zero-order valence-electron chi connectivity index (χ0n) is 11.4. The quantitative estimate of drug-likeness (QED) is 0.679. The van der Waals surface area contributed by atoms with E-state index in [9.17, 15) is 0 Å². The van der Waals surface area contributed by atoms with E-state index >= 15 is 0 Å². The topological polar surface area (TPSA) is 25.8 Å². The molecular formula is C15H24N2. The highest BCUT2D eigenvalue weighted by Gasteiger charge is 2.19. The lowest BCUT2D eigenvalue weighted by Crippen LogP contribution is -2.18. The van der Waals surface area contributed by atoms with E-state index in [0.717, 1.165) is 12.2 Å². The van der Waals surface area contributed by atoms with E-state index in [1.54, 1.807) is 0 Å². The SMILES string of the molecule is CC(C)(C)c1ncc2c(n1)CCCCCCC2. The van der Waals surface area contributed by atoms with Crippen LogP contribution in [0.1, 0.15) is 70.0 Å². The predicted octanol–water partition coefficient (Wildman–Crippen LogP) is 3.82. The summed E-state index contributed by atoms with van der Waals surface area (Å²) in [4.78, 5) is 9.37. The van der Waals surface area contributed by atoms with Crippen molar-refractivity contribution in [2.45, 2.75) is 71.1 Å². The molecule has 2 nitrogen and oxygen atoms in total. The van der Waals surface area contributed by atoms with Crippen LogP contribution in [0.2, 0.25) is 0 Å². The molecule has 0 radical (unpaired) electrons. The maximum Gasteiger partial charge on any atom is 0.133 e. The number of nitrogens with zero attached hydrogens (tertiary/aromatic N) is 2. The first-order chi connectivity index (χ1) is 8.07. The van der Waals surface area contributed by atoms with Crippen molar-refractivity contribution in [2.75, 3.05) is 0 Å². The predicted molar refractivity (Wildman–Crippen MR) is 71.2 cm³/mol. The molecule has 0 N–H and O–H groups in total. The van der Waals surface area contributed by atoms with Gasteiger partial charge in [0.15, 0.2) is 0 Å². The van der Waals surface area contributed by atoms with E-state index < -0.39 is 0 Å². The van der Waals surface area contributed by atoms with E-state index in [2.05, 4.69) is 32.0 Å². The summed E-state index contributed by atoms with van der Waals surface area (Å²) in [5.41, 5.74) is 2.76. The Labute approximate surface area is 105 Å². The van der Waals surface area contributed by atoms with E-state index in [4.69, 9.17) is 4.98 Å². The lowest BCUT2D eigenvalue weighted by molar-refractivity contribution is 0.538. The highest BCUT2D eigenvalue weighted by Crippen LogP contribution is 2.22. The van der Waals surface area contributed by atoms with Gasteiger partial charge in [-0.3, -0.25) is 0 Å². The molecule has 2 heteroatoms. The lowest BCUT2D eigenvalue weighted by Gasteiger charge is -2.18. The average Bonchev–Trinajstić information content (AvgIpc) is 2.38. The molecule has 94 valence electrons. The molecule has 2 rings (SSSR count). The van der Waals surface area contributed by atoms with Gasteiger partial charge < -0.3 is 0 Å². The number of aryl methyl sites for hydroxylation is 2. The van der Waals surface area contributed by atoms with Crippen molar-refractivity contribution in [3.63, 3.8) is 0 Å². The van der Waals surface area contributed by atoms with E-state index in [1.165, 1.54) is 49.8 Å². The minimum Gasteiger partial charge on any atom is -0.241 e. The van der Waals surface area contributed by atoms with Gasteiger partial charge in [0.2, 0.25) is 0 Å². The second kappa shape index (κ2) is 5.16. The summed E-state index contributed by atoms with van der Waals surface area (Å²) in [5, 5.41) is 0. The summed E-state index contributed by atoms with van der Waals surface area (Å²) in [6, 6.07) is 0. The standard InChI is InChI=1S/C15H24N2/c1-15(2,3)14-16-11-12-9-7-5-4-6-8-10-13(12)17-14/h11H,4-10H2,1-3H3. The number of rotatable bonds is 0. The number of aromatic nitrogens is 2. The van der Waals surface area contributed by atoms with Crippen molar-refractivity contribution >= 4 is 0 Å². The van der Waals surface area contributed by atoms with Gasteiger partial charge in [-0.15, -0.1) is 0 Å². The van der Waals surface area contributed by atoms with Crippen LogP contribution in [0.3, 0.4) is 0 Å². The summed E-state index contributed by atoms with van der Waals surface area (Å²) in [6.07, 6.45) is 11.1. The highest BCUT2D eigenvalue weighted by molar-refractivity contribution is 5.20. The molecule has 0 saturated heterocycles. The van der Waals surface area contributed by atoms with Crippen molar-refractivity contribution in [1.29, 1.82) is 0 Å². The Bertz CT molecular complexity index is 377. The fourth-order valence-electron chi connectivity index (χ4n) is 2.37. The van der Waals surface area contributed by atoms with E-state index in [1.807, 2.05) is 0 Å². The summed E-state index contributed by atoms with van der Waals surface area (Å²) in [6.45, 7) is 6.55. The van der Waals surface area contributed by atoms with Gasteiger partial charge in [0.05, 0.1) is 0 Å². The molecule has 1 aromatic heterocycles. The van der Waals surface area contributed by atoms with Gasteiger partial charge in [0, 0.05) is 17.3 Å². The molecule has 0 bridgehead atoms. The maximum atomic E-state index is 4.82. The van der Waals surface area contributed by atoms with Crippen LogP contribution in [-0.4, -0.2) is 9.97 Å². The molecule has 0 aliphatic heterocycles. The fraction of sp³-hybridized carbons (Fsp3) is 0.733. The second-order valence-corrected chi connectivity index (χ2v) is 6.18. The largest absolute Gasteiger partial charge is 0.241 e. The summed E-state index contributed by atoms with van der Waals surface area (Å²) in [7, 11) is 0. The molecule has 0 amide bonds. The molecule has 1 aliphatic rings. The van der Waals surface area contributed by atoms with Crippen LogP contribution in [-0.2, 0) is 18.3 Å². The van der Waals surface area contributed by atoms with Crippen LogP contribution in [0.5, 0.6) is 0 Å². The number of hydrogen-bond acceptors (Lipinski definition) is 2. The molecule has 1 heterocycles. The molecule has 1 aliphatic carbocycles. The molecule has 0 fully saturated rings. The first-order valence-electron chi connectivity index (χ1n) is 6.92. The minimum absolute atomic E-state index is 0.0630. The van der Waals surface area contributed by atoms with Crippen LogP contribution < -0.4 is 0 Å². The van der Waals surface area contributed by atoms with E-state index in [0.29, 0.717) is 0 Å². The van der Waals surface area contributed by atoms with Gasteiger partial charge in [-0.05, 0) is 31.2 Å². The highest BCUT2D eigenvalue weighted by atomic mass is 14.9. The van der Waals surface area contributed by atoms with Crippen molar-refractivity contribution in [3.05, 3.63) is 23.3 Å². The van der Waals surface area contributed by atoms with Crippen molar-refractivity contribution < 1.29 is 0 Å². The average molecular weight is 232 g/mol. The normalized spacial score (nSPS) is 17.8. The Hall–Kier alpha value is -0.920. The molecule has 0 atom stereocenters. The lowest BCUT2D eigenvalue weighted by atomic mass is 9.95. The number of hydrogen-bond donors (Lipinski definition) is 0. The summed E-state index contributed by atoms with van der Waals surface area (Å²) in [5.74, 6) is 0.996. The zero-order chi connectivity index (χ0) is 12.3. The molecule has 1 aromatic rings. The van der Waals surface area contributed by atoms with Gasteiger partial charge >= 0.3 is 0 Å². The van der Waals surface area contributed by atoms with Gasteiger partial charge in [-0.2, -0.15) is 0 Å². The summed E-state index contributed by atoms with van der Waals surface area (Å²) < 4.78 is 0. The third kappa shape index (κ3) is 3.27. The van der Waals surface area contributed by atoms with Gasteiger partial charge in [0.1, 0.15) is 5.82 Å². The molecule has 0 saturated carbocycles. The Morgan fingerprint density at radius 2 is 1.59 bits per heavy atom. The third-order valence-corrected chi connectivity index (χ3v) is 3.48. The number of fused-ring (bicyclic) bond motifs is 1. The minimum atomic E-state index is 0.0630. The van der Waals surface area contributed by atoms with Crippen LogP contribution in [0, 0.1) is 0 Å². The Balaban J connectivity index is 2.28.